The first-order valence-electron chi connectivity index (χ1n) is 7.27. The summed E-state index contributed by atoms with van der Waals surface area (Å²) in [6.45, 7) is 1.45. The van der Waals surface area contributed by atoms with Crippen LogP contribution in [-0.4, -0.2) is 43.8 Å². The van der Waals surface area contributed by atoms with E-state index in [1.54, 1.807) is 24.3 Å². The molecule has 0 saturated heterocycles. The predicted octanol–water partition coefficient (Wildman–Crippen LogP) is 1.72. The number of para-hydroxylation sites is 1. The zero-order valence-corrected chi connectivity index (χ0v) is 14.8. The molecule has 0 saturated carbocycles. The van der Waals surface area contributed by atoms with Crippen LogP contribution in [0.2, 0.25) is 0 Å². The zero-order valence-electron chi connectivity index (χ0n) is 13.9. The van der Waals surface area contributed by atoms with E-state index in [4.69, 9.17) is 9.52 Å². The van der Waals surface area contributed by atoms with Crippen molar-refractivity contribution in [3.63, 3.8) is 0 Å². The van der Waals surface area contributed by atoms with Crippen LogP contribution in [0, 0.1) is 6.92 Å². The molecule has 0 unspecified atom stereocenters. The third-order valence-corrected chi connectivity index (χ3v) is 5.38. The Bertz CT molecular complexity index is 914. The van der Waals surface area contributed by atoms with Gasteiger partial charge in [-0.15, -0.1) is 0 Å². The monoisotopic (exact) mass is 366 g/mol. The van der Waals surface area contributed by atoms with Crippen LogP contribution in [0.1, 0.15) is 21.9 Å². The van der Waals surface area contributed by atoms with Crippen LogP contribution in [0.5, 0.6) is 0 Å². The molecule has 8 nitrogen and oxygen atoms in total. The molecule has 134 valence electrons. The number of benzene rings is 1. The standard InChI is InChI=1S/C16H18N2O6S/c1-10-14(25(22,23)18(2)3)9-13(24-10)16(21)17-12-7-5-4-6-11(12)8-15(19)20/h4-7,9H,8H2,1-3H3,(H,17,21)(H,19,20). The lowest BCUT2D eigenvalue weighted by Crippen LogP contribution is -2.22. The van der Waals surface area contributed by atoms with Gasteiger partial charge in [-0.05, 0) is 18.6 Å². The highest BCUT2D eigenvalue weighted by Crippen LogP contribution is 2.24. The molecular weight excluding hydrogens is 348 g/mol. The van der Waals surface area contributed by atoms with Gasteiger partial charge < -0.3 is 14.8 Å². The van der Waals surface area contributed by atoms with E-state index < -0.39 is 21.9 Å². The van der Waals surface area contributed by atoms with Crippen LogP contribution in [0.15, 0.2) is 39.6 Å². The fraction of sp³-hybridized carbons (Fsp3) is 0.250. The molecule has 25 heavy (non-hydrogen) atoms. The highest BCUT2D eigenvalue weighted by Gasteiger charge is 2.26. The van der Waals surface area contributed by atoms with Crippen LogP contribution in [0.4, 0.5) is 5.69 Å². The van der Waals surface area contributed by atoms with Gasteiger partial charge in [0.15, 0.2) is 5.76 Å². The minimum absolute atomic E-state index is 0.0951. The summed E-state index contributed by atoms with van der Waals surface area (Å²) >= 11 is 0. The maximum atomic E-state index is 12.4. The Kier molecular flexibility index (Phi) is 5.29. The first-order chi connectivity index (χ1) is 11.6. The second-order valence-electron chi connectivity index (χ2n) is 5.50. The Balaban J connectivity index is 2.31. The lowest BCUT2D eigenvalue weighted by atomic mass is 10.1. The number of hydrogen-bond acceptors (Lipinski definition) is 5. The van der Waals surface area contributed by atoms with Gasteiger partial charge in [0, 0.05) is 25.8 Å². The Labute approximate surface area is 145 Å². The van der Waals surface area contributed by atoms with Gasteiger partial charge >= 0.3 is 5.97 Å². The van der Waals surface area contributed by atoms with E-state index in [1.807, 2.05) is 0 Å². The molecule has 0 fully saturated rings. The maximum absolute atomic E-state index is 12.4. The second kappa shape index (κ2) is 7.08. The van der Waals surface area contributed by atoms with E-state index in [2.05, 4.69) is 5.32 Å². The van der Waals surface area contributed by atoms with Crippen molar-refractivity contribution in [2.24, 2.45) is 0 Å². The highest BCUT2D eigenvalue weighted by molar-refractivity contribution is 7.89. The van der Waals surface area contributed by atoms with Gasteiger partial charge in [-0.1, -0.05) is 18.2 Å². The molecule has 1 amide bonds. The van der Waals surface area contributed by atoms with Gasteiger partial charge in [0.25, 0.3) is 5.91 Å². The summed E-state index contributed by atoms with van der Waals surface area (Å²) in [6, 6.07) is 7.60. The maximum Gasteiger partial charge on any atom is 0.307 e. The van der Waals surface area contributed by atoms with Crippen LogP contribution in [-0.2, 0) is 21.2 Å². The van der Waals surface area contributed by atoms with Crippen molar-refractivity contribution in [3.05, 3.63) is 47.4 Å². The first kappa shape index (κ1) is 18.7. The molecule has 9 heteroatoms. The molecule has 0 aliphatic rings. The summed E-state index contributed by atoms with van der Waals surface area (Å²) in [5.74, 6) is -1.78. The van der Waals surface area contributed by atoms with Crippen LogP contribution < -0.4 is 5.32 Å². The molecule has 0 aliphatic heterocycles. The summed E-state index contributed by atoms with van der Waals surface area (Å²) in [5, 5.41) is 11.5. The molecule has 1 heterocycles. The van der Waals surface area contributed by atoms with Crippen LogP contribution in [0.3, 0.4) is 0 Å². The van der Waals surface area contributed by atoms with Crippen molar-refractivity contribution in [3.8, 4) is 0 Å². The fourth-order valence-corrected chi connectivity index (χ4v) is 3.23. The average Bonchev–Trinajstić information content (AvgIpc) is 2.91. The van der Waals surface area contributed by atoms with Crippen molar-refractivity contribution in [1.29, 1.82) is 0 Å². The molecular formula is C16H18N2O6S. The molecule has 0 bridgehead atoms. The Morgan fingerprint density at radius 1 is 1.24 bits per heavy atom. The van der Waals surface area contributed by atoms with Crippen molar-refractivity contribution in [1.82, 2.24) is 4.31 Å². The van der Waals surface area contributed by atoms with E-state index in [1.165, 1.54) is 21.0 Å². The molecule has 1 aromatic carbocycles. The minimum atomic E-state index is -3.74. The number of hydrogen-bond donors (Lipinski definition) is 2. The topological polar surface area (TPSA) is 117 Å². The quantitative estimate of drug-likeness (QED) is 0.804. The number of aryl methyl sites for hydroxylation is 1. The molecule has 1 aromatic heterocycles. The average molecular weight is 366 g/mol. The Morgan fingerprint density at radius 2 is 1.88 bits per heavy atom. The van der Waals surface area contributed by atoms with E-state index >= 15 is 0 Å². The number of carboxylic acid groups (broad SMARTS) is 1. The summed E-state index contributed by atoms with van der Waals surface area (Å²) in [6.07, 6.45) is -0.256. The molecule has 2 aromatic rings. The van der Waals surface area contributed by atoms with E-state index in [0.29, 0.717) is 11.3 Å². The highest BCUT2D eigenvalue weighted by atomic mass is 32.2. The zero-order chi connectivity index (χ0) is 18.8. The van der Waals surface area contributed by atoms with Crippen LogP contribution in [0.25, 0.3) is 0 Å². The third-order valence-electron chi connectivity index (χ3n) is 3.46. The number of furan rings is 1. The van der Waals surface area contributed by atoms with Gasteiger partial charge in [-0.25, -0.2) is 12.7 Å². The number of amides is 1. The number of carbonyl (C=O) groups excluding carboxylic acids is 1. The summed E-state index contributed by atoms with van der Waals surface area (Å²) in [5.41, 5.74) is 0.744. The van der Waals surface area contributed by atoms with E-state index in [-0.39, 0.29) is 22.8 Å². The number of rotatable bonds is 6. The lowest BCUT2D eigenvalue weighted by Gasteiger charge is -2.09. The van der Waals surface area contributed by atoms with Crippen molar-refractivity contribution in [2.45, 2.75) is 18.2 Å². The molecule has 2 rings (SSSR count). The summed E-state index contributed by atoms with van der Waals surface area (Å²) in [7, 11) is -0.978. The van der Waals surface area contributed by atoms with Gasteiger partial charge in [0.05, 0.1) is 6.42 Å². The number of aliphatic carboxylic acids is 1. The normalized spacial score (nSPS) is 11.5. The Morgan fingerprint density at radius 3 is 2.48 bits per heavy atom. The van der Waals surface area contributed by atoms with E-state index in [0.717, 1.165) is 10.4 Å². The number of nitrogens with one attached hydrogen (secondary N) is 1. The molecule has 0 atom stereocenters. The first-order valence-corrected chi connectivity index (χ1v) is 8.71. The van der Waals surface area contributed by atoms with Crippen molar-refractivity contribution < 1.29 is 27.5 Å². The molecule has 0 aliphatic carbocycles. The van der Waals surface area contributed by atoms with Gasteiger partial charge in [0.1, 0.15) is 10.7 Å². The summed E-state index contributed by atoms with van der Waals surface area (Å²) < 4.78 is 30.7. The summed E-state index contributed by atoms with van der Waals surface area (Å²) in [4.78, 5) is 23.2. The molecule has 0 spiro atoms. The smallest absolute Gasteiger partial charge is 0.307 e. The minimum Gasteiger partial charge on any atom is -0.481 e. The largest absolute Gasteiger partial charge is 0.481 e. The van der Waals surface area contributed by atoms with Crippen molar-refractivity contribution in [2.75, 3.05) is 19.4 Å². The number of nitrogens with zero attached hydrogens (tertiary/aromatic N) is 1. The number of carbonyl (C=O) groups is 2. The van der Waals surface area contributed by atoms with Gasteiger partial charge in [-0.3, -0.25) is 9.59 Å². The number of sulfonamides is 1. The third kappa shape index (κ3) is 4.06. The SMILES string of the molecule is Cc1oc(C(=O)Nc2ccccc2CC(=O)O)cc1S(=O)(=O)N(C)C. The Hall–Kier alpha value is -2.65. The van der Waals surface area contributed by atoms with Crippen molar-refractivity contribution >= 4 is 27.6 Å². The van der Waals surface area contributed by atoms with E-state index in [9.17, 15) is 18.0 Å². The number of anilines is 1. The van der Waals surface area contributed by atoms with Crippen LogP contribution >= 0.6 is 0 Å². The fourth-order valence-electron chi connectivity index (χ4n) is 2.17. The predicted molar refractivity (Wildman–Crippen MR) is 90.1 cm³/mol. The molecule has 2 N–H and O–H groups in total. The lowest BCUT2D eigenvalue weighted by molar-refractivity contribution is -0.136. The molecule has 0 radical (unpaired) electrons. The van der Waals surface area contributed by atoms with Gasteiger partial charge in [0.2, 0.25) is 10.0 Å². The number of carboxylic acids is 1. The second-order valence-corrected chi connectivity index (χ2v) is 7.62. The van der Waals surface area contributed by atoms with Gasteiger partial charge in [-0.2, -0.15) is 0 Å².